The molecule has 0 radical (unpaired) electrons. The number of hydrogen-bond acceptors (Lipinski definition) is 5. The summed E-state index contributed by atoms with van der Waals surface area (Å²) in [5, 5.41) is 0.536. The molecule has 6 heteroatoms. The van der Waals surface area contributed by atoms with Crippen LogP contribution in [0.2, 0.25) is 5.02 Å². The number of pyridine rings is 1. The summed E-state index contributed by atoms with van der Waals surface area (Å²) in [6, 6.07) is 23.6. The molecule has 144 valence electrons. The fourth-order valence-corrected chi connectivity index (χ4v) is 3.64. The Hall–Kier alpha value is -3.18. The molecule has 2 aliphatic rings. The second-order valence-corrected chi connectivity index (χ2v) is 7.34. The van der Waals surface area contributed by atoms with E-state index < -0.39 is 0 Å². The Labute approximate surface area is 173 Å². The lowest BCUT2D eigenvalue weighted by molar-refractivity contribution is 0.317. The van der Waals surface area contributed by atoms with Crippen LogP contribution < -0.4 is 0 Å². The van der Waals surface area contributed by atoms with Crippen molar-refractivity contribution in [1.82, 2.24) is 4.98 Å². The van der Waals surface area contributed by atoms with Gasteiger partial charge in [0.2, 0.25) is 11.8 Å². The fourth-order valence-electron chi connectivity index (χ4n) is 3.44. The van der Waals surface area contributed by atoms with Crippen LogP contribution in [0, 0.1) is 0 Å². The van der Waals surface area contributed by atoms with Crippen molar-refractivity contribution in [1.29, 1.82) is 0 Å². The first kappa shape index (κ1) is 17.9. The molecule has 3 heterocycles. The van der Waals surface area contributed by atoms with Crippen molar-refractivity contribution in [2.24, 2.45) is 9.98 Å². The van der Waals surface area contributed by atoms with Gasteiger partial charge in [-0.1, -0.05) is 72.3 Å². The van der Waals surface area contributed by atoms with E-state index in [0.29, 0.717) is 41.4 Å². The van der Waals surface area contributed by atoms with E-state index in [9.17, 15) is 0 Å². The van der Waals surface area contributed by atoms with E-state index in [1.165, 1.54) is 0 Å². The molecule has 0 fully saturated rings. The van der Waals surface area contributed by atoms with Gasteiger partial charge in [0.15, 0.2) is 0 Å². The highest BCUT2D eigenvalue weighted by Gasteiger charge is 2.26. The minimum atomic E-state index is -0.0436. The predicted molar refractivity (Wildman–Crippen MR) is 113 cm³/mol. The van der Waals surface area contributed by atoms with Gasteiger partial charge in [-0.15, -0.1) is 0 Å². The summed E-state index contributed by atoms with van der Waals surface area (Å²) >= 11 is 6.35. The molecule has 0 aliphatic carbocycles. The number of nitrogens with zero attached hydrogens (tertiary/aromatic N) is 3. The van der Waals surface area contributed by atoms with Gasteiger partial charge in [-0.05, 0) is 23.3 Å². The Morgan fingerprint density at radius 3 is 1.59 bits per heavy atom. The molecule has 0 N–H and O–H groups in total. The molecular weight excluding hydrogens is 386 g/mol. The molecule has 3 aromatic rings. The largest absolute Gasteiger partial charge is 0.474 e. The van der Waals surface area contributed by atoms with Crippen molar-refractivity contribution in [3.8, 4) is 0 Å². The number of ether oxygens (including phenoxy) is 2. The van der Waals surface area contributed by atoms with Gasteiger partial charge in [0.05, 0.1) is 0 Å². The van der Waals surface area contributed by atoms with Crippen molar-refractivity contribution >= 4 is 23.4 Å². The van der Waals surface area contributed by atoms with Crippen LogP contribution >= 0.6 is 11.6 Å². The smallest absolute Gasteiger partial charge is 0.236 e. The summed E-state index contributed by atoms with van der Waals surface area (Å²) in [5.41, 5.74) is 3.39. The fraction of sp³-hybridized carbons (Fsp3) is 0.174. The van der Waals surface area contributed by atoms with E-state index in [2.05, 4.69) is 4.98 Å². The maximum atomic E-state index is 6.35. The summed E-state index contributed by atoms with van der Waals surface area (Å²) < 4.78 is 11.6. The molecule has 2 atom stereocenters. The number of hydrogen-bond donors (Lipinski definition) is 0. The Morgan fingerprint density at radius 2 is 1.14 bits per heavy atom. The zero-order chi connectivity index (χ0) is 19.6. The maximum absolute atomic E-state index is 6.35. The number of rotatable bonds is 4. The number of aromatic nitrogens is 1. The van der Waals surface area contributed by atoms with Crippen molar-refractivity contribution in [2.75, 3.05) is 13.2 Å². The third-order valence-corrected chi connectivity index (χ3v) is 5.12. The highest BCUT2D eigenvalue weighted by molar-refractivity contribution is 6.31. The predicted octanol–water partition coefficient (Wildman–Crippen LogP) is 4.77. The third kappa shape index (κ3) is 3.74. The molecule has 0 amide bonds. The molecular formula is C23H18ClN3O2. The average Bonchev–Trinajstić information content (AvgIpc) is 3.45. The highest BCUT2D eigenvalue weighted by Crippen LogP contribution is 2.28. The van der Waals surface area contributed by atoms with Gasteiger partial charge >= 0.3 is 0 Å². The van der Waals surface area contributed by atoms with Crippen LogP contribution in [0.5, 0.6) is 0 Å². The van der Waals surface area contributed by atoms with E-state index in [1.54, 1.807) is 12.1 Å². The Balaban J connectivity index is 1.43. The summed E-state index contributed by atoms with van der Waals surface area (Å²) in [7, 11) is 0. The molecule has 5 nitrogen and oxygen atoms in total. The molecule has 0 saturated carbocycles. The highest BCUT2D eigenvalue weighted by atomic mass is 35.5. The first-order valence-electron chi connectivity index (χ1n) is 9.46. The molecule has 2 aliphatic heterocycles. The van der Waals surface area contributed by atoms with Crippen LogP contribution in [-0.4, -0.2) is 30.0 Å². The van der Waals surface area contributed by atoms with Crippen LogP contribution in [0.3, 0.4) is 0 Å². The molecule has 29 heavy (non-hydrogen) atoms. The van der Waals surface area contributed by atoms with Gasteiger partial charge in [0.25, 0.3) is 0 Å². The van der Waals surface area contributed by atoms with Gasteiger partial charge in [-0.2, -0.15) is 0 Å². The molecule has 5 rings (SSSR count). The van der Waals surface area contributed by atoms with Crippen molar-refractivity contribution in [2.45, 2.75) is 12.1 Å². The first-order valence-corrected chi connectivity index (χ1v) is 9.83. The Morgan fingerprint density at radius 1 is 0.690 bits per heavy atom. The summed E-state index contributed by atoms with van der Waals surface area (Å²) in [4.78, 5) is 14.0. The van der Waals surface area contributed by atoms with E-state index in [-0.39, 0.29) is 12.1 Å². The maximum Gasteiger partial charge on any atom is 0.236 e. The van der Waals surface area contributed by atoms with E-state index in [4.69, 9.17) is 31.1 Å². The SMILES string of the molecule is Clc1cc(C2=N[C@H](c3ccccc3)CO2)nc(C2=N[C@H](c3ccccc3)CO2)c1. The van der Waals surface area contributed by atoms with Crippen LogP contribution in [0.25, 0.3) is 0 Å². The Bertz CT molecular complexity index is 1000. The quantitative estimate of drug-likeness (QED) is 0.630. The second-order valence-electron chi connectivity index (χ2n) is 6.90. The van der Waals surface area contributed by atoms with Crippen LogP contribution in [0.1, 0.15) is 34.6 Å². The van der Waals surface area contributed by atoms with E-state index in [0.717, 1.165) is 11.1 Å². The normalized spacial score (nSPS) is 20.6. The first-order chi connectivity index (χ1) is 14.3. The lowest BCUT2D eigenvalue weighted by atomic mass is 10.1. The van der Waals surface area contributed by atoms with Gasteiger partial charge in [-0.25, -0.2) is 15.0 Å². The van der Waals surface area contributed by atoms with E-state index >= 15 is 0 Å². The lowest BCUT2D eigenvalue weighted by Gasteiger charge is -2.05. The summed E-state index contributed by atoms with van der Waals surface area (Å²) in [5.74, 6) is 0.974. The Kier molecular flexibility index (Phi) is 4.74. The third-order valence-electron chi connectivity index (χ3n) is 4.90. The average molecular weight is 404 g/mol. The van der Waals surface area contributed by atoms with Gasteiger partial charge in [0.1, 0.15) is 36.7 Å². The molecule has 1 aromatic heterocycles. The molecule has 0 saturated heterocycles. The van der Waals surface area contributed by atoms with E-state index in [1.807, 2.05) is 60.7 Å². The van der Waals surface area contributed by atoms with Crippen LogP contribution in [-0.2, 0) is 9.47 Å². The van der Waals surface area contributed by atoms with Crippen molar-refractivity contribution in [3.05, 3.63) is 100 Å². The van der Waals surface area contributed by atoms with Crippen LogP contribution in [0.4, 0.5) is 0 Å². The second kappa shape index (κ2) is 7.68. The van der Waals surface area contributed by atoms with Gasteiger partial charge < -0.3 is 9.47 Å². The van der Waals surface area contributed by atoms with Crippen LogP contribution in [0.15, 0.2) is 82.8 Å². The molecule has 0 spiro atoms. The minimum Gasteiger partial charge on any atom is -0.474 e. The molecule has 0 bridgehead atoms. The van der Waals surface area contributed by atoms with Gasteiger partial charge in [0, 0.05) is 5.02 Å². The zero-order valence-corrected chi connectivity index (χ0v) is 16.3. The standard InChI is InChI=1S/C23H18ClN3O2/c24-17-11-18(22-26-20(13-28-22)15-7-3-1-4-8-15)25-19(12-17)23-27-21(14-29-23)16-9-5-2-6-10-16/h1-12,20-21H,13-14H2/t20-,21-/m0/s1. The molecule has 0 unspecified atom stereocenters. The summed E-state index contributed by atoms with van der Waals surface area (Å²) in [6.45, 7) is 0.965. The summed E-state index contributed by atoms with van der Waals surface area (Å²) in [6.07, 6.45) is 0. The number of halogens is 1. The van der Waals surface area contributed by atoms with Gasteiger partial charge in [-0.3, -0.25) is 0 Å². The number of aliphatic imine (C=N–C) groups is 2. The zero-order valence-electron chi connectivity index (χ0n) is 15.5. The molecule has 2 aromatic carbocycles. The lowest BCUT2D eigenvalue weighted by Crippen LogP contribution is -2.10. The monoisotopic (exact) mass is 403 g/mol. The van der Waals surface area contributed by atoms with Crippen molar-refractivity contribution in [3.63, 3.8) is 0 Å². The number of benzene rings is 2. The minimum absolute atomic E-state index is 0.0436. The van der Waals surface area contributed by atoms with Crippen molar-refractivity contribution < 1.29 is 9.47 Å². The topological polar surface area (TPSA) is 56.1 Å².